The first-order valence-corrected chi connectivity index (χ1v) is 11.5. The molecule has 0 heterocycles. The van der Waals surface area contributed by atoms with Crippen molar-refractivity contribution >= 4 is 46.9 Å². The van der Waals surface area contributed by atoms with E-state index in [1.807, 2.05) is 13.8 Å². The summed E-state index contributed by atoms with van der Waals surface area (Å²) in [5, 5.41) is 28.3. The van der Waals surface area contributed by atoms with E-state index in [0.717, 1.165) is 18.3 Å². The molecular formula is C23H26Cl2N4O7. The molecule has 0 unspecified atom stereocenters. The number of phenolic OH excluding ortho intramolecular Hbond substituents is 1. The molecule has 0 aliphatic carbocycles. The van der Waals surface area contributed by atoms with Gasteiger partial charge in [0.25, 0.3) is 17.5 Å². The van der Waals surface area contributed by atoms with Gasteiger partial charge in [-0.2, -0.15) is 5.10 Å². The van der Waals surface area contributed by atoms with Gasteiger partial charge in [-0.25, -0.2) is 5.43 Å². The van der Waals surface area contributed by atoms with Crippen LogP contribution in [0.15, 0.2) is 35.4 Å². The van der Waals surface area contributed by atoms with Gasteiger partial charge in [0.05, 0.1) is 29.3 Å². The molecule has 2 rings (SSSR count). The fourth-order valence-corrected chi connectivity index (χ4v) is 3.48. The Labute approximate surface area is 217 Å². The first kappa shape index (κ1) is 28.7. The molecule has 13 heteroatoms. The number of nitrogens with zero attached hydrogens (tertiary/aromatic N) is 2. The lowest BCUT2D eigenvalue weighted by molar-refractivity contribution is -0.385. The van der Waals surface area contributed by atoms with Gasteiger partial charge in [0.1, 0.15) is 11.8 Å². The number of rotatable bonds is 11. The lowest BCUT2D eigenvalue weighted by atomic mass is 10.0. The molecule has 0 aromatic heterocycles. The van der Waals surface area contributed by atoms with Crippen molar-refractivity contribution in [1.29, 1.82) is 0 Å². The summed E-state index contributed by atoms with van der Waals surface area (Å²) in [7, 11) is 1.24. The Kier molecular flexibility index (Phi) is 10.3. The minimum absolute atomic E-state index is 0.0389. The quantitative estimate of drug-likeness (QED) is 0.220. The molecule has 0 aliphatic heterocycles. The second-order valence-electron chi connectivity index (χ2n) is 8.10. The number of nitrogens with one attached hydrogen (secondary N) is 2. The zero-order valence-electron chi connectivity index (χ0n) is 20.0. The third-order valence-corrected chi connectivity index (χ3v) is 5.34. The Morgan fingerprint density at radius 2 is 1.86 bits per heavy atom. The summed E-state index contributed by atoms with van der Waals surface area (Å²) in [6.07, 6.45) is 0.340. The third-order valence-electron chi connectivity index (χ3n) is 4.81. The summed E-state index contributed by atoms with van der Waals surface area (Å²) < 4.78 is 10.5. The van der Waals surface area contributed by atoms with E-state index in [4.69, 9.17) is 32.7 Å². The van der Waals surface area contributed by atoms with Crippen LogP contribution in [0.5, 0.6) is 17.2 Å². The van der Waals surface area contributed by atoms with Crippen molar-refractivity contribution in [1.82, 2.24) is 10.7 Å². The second-order valence-corrected chi connectivity index (χ2v) is 8.95. The molecule has 2 aromatic carbocycles. The Morgan fingerprint density at radius 3 is 2.44 bits per heavy atom. The third kappa shape index (κ3) is 7.99. The Hall–Kier alpha value is -3.57. The smallest absolute Gasteiger partial charge is 0.274 e. The molecule has 0 fully saturated rings. The van der Waals surface area contributed by atoms with Crippen LogP contribution in [0.3, 0.4) is 0 Å². The lowest BCUT2D eigenvalue weighted by Crippen LogP contribution is -2.49. The molecule has 0 spiro atoms. The fraction of sp³-hybridized carbons (Fsp3) is 0.348. The number of ether oxygens (including phenoxy) is 2. The summed E-state index contributed by atoms with van der Waals surface area (Å²) >= 11 is 12.0. The van der Waals surface area contributed by atoms with Crippen LogP contribution in [-0.4, -0.2) is 47.3 Å². The normalized spacial score (nSPS) is 12.8. The Morgan fingerprint density at radius 1 is 1.17 bits per heavy atom. The van der Waals surface area contributed by atoms with Crippen molar-refractivity contribution < 1.29 is 29.1 Å². The number of halogens is 2. The van der Waals surface area contributed by atoms with Crippen molar-refractivity contribution in [2.45, 2.75) is 39.3 Å². The molecule has 3 N–H and O–H groups in total. The van der Waals surface area contributed by atoms with Crippen molar-refractivity contribution in [3.63, 3.8) is 0 Å². The maximum absolute atomic E-state index is 12.7. The van der Waals surface area contributed by atoms with Gasteiger partial charge in [0.15, 0.2) is 17.6 Å². The fourth-order valence-electron chi connectivity index (χ4n) is 3.02. The molecule has 11 nitrogen and oxygen atoms in total. The van der Waals surface area contributed by atoms with E-state index in [0.29, 0.717) is 5.02 Å². The van der Waals surface area contributed by atoms with Crippen LogP contribution in [-0.2, 0) is 9.59 Å². The zero-order chi connectivity index (χ0) is 27.0. The van der Waals surface area contributed by atoms with Gasteiger partial charge in [0, 0.05) is 16.7 Å². The molecule has 0 saturated heterocycles. The molecule has 0 bridgehead atoms. The number of nitro benzene ring substituents is 1. The molecule has 194 valence electrons. The highest BCUT2D eigenvalue weighted by Crippen LogP contribution is 2.33. The number of hydrogen-bond donors (Lipinski definition) is 3. The minimum atomic E-state index is -0.982. The number of hydrogen-bond acceptors (Lipinski definition) is 8. The average Bonchev–Trinajstić information content (AvgIpc) is 2.80. The van der Waals surface area contributed by atoms with E-state index >= 15 is 0 Å². The van der Waals surface area contributed by atoms with E-state index in [9.17, 15) is 24.8 Å². The monoisotopic (exact) mass is 540 g/mol. The van der Waals surface area contributed by atoms with Crippen molar-refractivity contribution in [3.05, 3.63) is 56.1 Å². The molecule has 2 amide bonds. The first-order chi connectivity index (χ1) is 16.9. The van der Waals surface area contributed by atoms with E-state index in [2.05, 4.69) is 15.8 Å². The van der Waals surface area contributed by atoms with E-state index in [-0.39, 0.29) is 45.9 Å². The van der Waals surface area contributed by atoms with E-state index in [1.165, 1.54) is 26.2 Å². The van der Waals surface area contributed by atoms with Crippen LogP contribution in [0.25, 0.3) is 0 Å². The molecule has 0 saturated carbocycles. The second kappa shape index (κ2) is 12.9. The van der Waals surface area contributed by atoms with Gasteiger partial charge in [0.2, 0.25) is 0 Å². The molecule has 0 aliphatic rings. The number of methoxy groups -OCH3 is 1. The highest BCUT2D eigenvalue weighted by atomic mass is 35.5. The number of phenols is 1. The number of carbonyl (C=O) groups is 2. The number of nitro groups is 1. The number of benzene rings is 2. The van der Waals surface area contributed by atoms with Crippen LogP contribution in [0.2, 0.25) is 10.0 Å². The van der Waals surface area contributed by atoms with Gasteiger partial charge in [-0.05, 0) is 37.5 Å². The van der Waals surface area contributed by atoms with Gasteiger partial charge < -0.3 is 19.9 Å². The maximum atomic E-state index is 12.7. The average molecular weight is 541 g/mol. The predicted molar refractivity (Wildman–Crippen MR) is 135 cm³/mol. The van der Waals surface area contributed by atoms with Crippen LogP contribution >= 0.6 is 23.2 Å². The van der Waals surface area contributed by atoms with Crippen molar-refractivity contribution in [2.24, 2.45) is 11.0 Å². The number of hydrazone groups is 1. The maximum Gasteiger partial charge on any atom is 0.274 e. The SMILES string of the molecule is COc1cc([N+](=O)[O-])cc(/C=N\NC(=O)[C@H](CC(C)C)NC(=O)[C@H](C)Oc2ccc(Cl)cc2Cl)c1O. The molecule has 2 atom stereocenters. The van der Waals surface area contributed by atoms with Crippen LogP contribution in [0.1, 0.15) is 32.8 Å². The number of amides is 2. The van der Waals surface area contributed by atoms with Crippen LogP contribution in [0, 0.1) is 16.0 Å². The minimum Gasteiger partial charge on any atom is -0.504 e. The lowest BCUT2D eigenvalue weighted by Gasteiger charge is -2.22. The molecule has 0 radical (unpaired) electrons. The predicted octanol–water partition coefficient (Wildman–Crippen LogP) is 4.06. The summed E-state index contributed by atoms with van der Waals surface area (Å²) in [5.74, 6) is -1.42. The van der Waals surface area contributed by atoms with Crippen LogP contribution in [0.4, 0.5) is 5.69 Å². The summed E-state index contributed by atoms with van der Waals surface area (Å²) in [4.78, 5) is 35.9. The highest BCUT2D eigenvalue weighted by molar-refractivity contribution is 6.35. The Bertz CT molecular complexity index is 1160. The van der Waals surface area contributed by atoms with Gasteiger partial charge in [-0.3, -0.25) is 19.7 Å². The molecule has 2 aromatic rings. The topological polar surface area (TPSA) is 152 Å². The van der Waals surface area contributed by atoms with Crippen LogP contribution < -0.4 is 20.2 Å². The molecule has 36 heavy (non-hydrogen) atoms. The van der Waals surface area contributed by atoms with Gasteiger partial charge >= 0.3 is 0 Å². The number of carbonyl (C=O) groups excluding carboxylic acids is 2. The Balaban J connectivity index is 2.11. The van der Waals surface area contributed by atoms with E-state index in [1.54, 1.807) is 6.07 Å². The highest BCUT2D eigenvalue weighted by Gasteiger charge is 2.25. The largest absolute Gasteiger partial charge is 0.504 e. The standard InChI is InChI=1S/C23H26Cl2N4O7/c1-12(2)7-18(27-22(31)13(3)36-19-6-5-15(24)9-17(19)25)23(32)28-26-11-14-8-16(29(33)34)10-20(35-4)21(14)30/h5-6,8-13,18,30H,7H2,1-4H3,(H,27,31)(H,28,32)/b26-11-/t13-,18-/m0/s1. The summed E-state index contributed by atoms with van der Waals surface area (Å²) in [6.45, 7) is 5.24. The van der Waals surface area contributed by atoms with E-state index < -0.39 is 28.9 Å². The first-order valence-electron chi connectivity index (χ1n) is 10.7. The number of non-ortho nitro benzene ring substituents is 1. The zero-order valence-corrected chi connectivity index (χ0v) is 21.5. The molecular weight excluding hydrogens is 515 g/mol. The number of aromatic hydroxyl groups is 1. The van der Waals surface area contributed by atoms with Crippen molar-refractivity contribution in [3.8, 4) is 17.2 Å². The van der Waals surface area contributed by atoms with Crippen molar-refractivity contribution in [2.75, 3.05) is 7.11 Å². The van der Waals surface area contributed by atoms with Gasteiger partial charge in [-0.1, -0.05) is 37.0 Å². The van der Waals surface area contributed by atoms with Gasteiger partial charge in [-0.15, -0.1) is 0 Å². The summed E-state index contributed by atoms with van der Waals surface area (Å²) in [5.41, 5.74) is 1.89. The summed E-state index contributed by atoms with van der Waals surface area (Å²) in [6, 6.07) is 5.73.